The first-order valence-electron chi connectivity index (χ1n) is 9.54. The lowest BCUT2D eigenvalue weighted by molar-refractivity contribution is -0.138. The normalized spacial score (nSPS) is 13.0. The van der Waals surface area contributed by atoms with Crippen LogP contribution < -0.4 is 4.72 Å². The maximum absolute atomic E-state index is 12.6. The minimum Gasteiger partial charge on any atom is -0.463 e. The molecule has 0 spiro atoms. The number of pyridine rings is 1. The molecule has 29 heavy (non-hydrogen) atoms. The summed E-state index contributed by atoms with van der Waals surface area (Å²) in [5.74, 6) is -0.389. The Morgan fingerprint density at radius 3 is 2.21 bits per heavy atom. The molecule has 0 atom stereocenters. The molecule has 1 aromatic heterocycles. The number of rotatable bonds is 7. The standard InChI is InChI=1S/C22H28N2O4S/c1-6-19(21(25)28-7-2)20(17-9-8-14-23-15-17)16-10-12-18(13-11-16)29(26,27)24-22(3,4)5/h8-15,24H,6-7H2,1-5H3/b20-19-. The monoisotopic (exact) mass is 416 g/mol. The van der Waals surface area contributed by atoms with Gasteiger partial charge in [-0.1, -0.05) is 25.1 Å². The number of hydrogen-bond acceptors (Lipinski definition) is 5. The van der Waals surface area contributed by atoms with Crippen LogP contribution >= 0.6 is 0 Å². The van der Waals surface area contributed by atoms with Gasteiger partial charge < -0.3 is 4.74 Å². The molecule has 0 amide bonds. The molecule has 0 aliphatic carbocycles. The molecule has 0 saturated heterocycles. The maximum atomic E-state index is 12.6. The van der Waals surface area contributed by atoms with Crippen LogP contribution in [-0.4, -0.2) is 31.5 Å². The zero-order valence-electron chi connectivity index (χ0n) is 17.5. The third-order valence-corrected chi connectivity index (χ3v) is 5.80. The van der Waals surface area contributed by atoms with E-state index in [2.05, 4.69) is 9.71 Å². The Morgan fingerprint density at radius 2 is 1.72 bits per heavy atom. The van der Waals surface area contributed by atoms with Crippen molar-refractivity contribution in [3.05, 3.63) is 65.5 Å². The number of ether oxygens (including phenoxy) is 1. The van der Waals surface area contributed by atoms with Crippen molar-refractivity contribution in [2.24, 2.45) is 0 Å². The van der Waals surface area contributed by atoms with E-state index in [1.165, 1.54) is 12.1 Å². The Kier molecular flexibility index (Phi) is 7.32. The summed E-state index contributed by atoms with van der Waals surface area (Å²) in [4.78, 5) is 16.9. The molecular weight excluding hydrogens is 388 g/mol. The highest BCUT2D eigenvalue weighted by Gasteiger charge is 2.23. The van der Waals surface area contributed by atoms with Crippen LogP contribution in [0.1, 0.15) is 52.2 Å². The molecule has 2 rings (SSSR count). The SMILES string of the molecule is CCOC(=O)/C(CC)=C(/c1ccc(S(=O)(=O)NC(C)(C)C)cc1)c1cccnc1. The zero-order valence-corrected chi connectivity index (χ0v) is 18.3. The van der Waals surface area contributed by atoms with Gasteiger partial charge in [-0.15, -0.1) is 0 Å². The number of carbonyl (C=O) groups excluding carboxylic acids is 1. The van der Waals surface area contributed by atoms with Gasteiger partial charge in [0, 0.05) is 34.6 Å². The molecule has 156 valence electrons. The van der Waals surface area contributed by atoms with E-state index in [0.29, 0.717) is 17.6 Å². The summed E-state index contributed by atoms with van der Waals surface area (Å²) in [6, 6.07) is 10.1. The maximum Gasteiger partial charge on any atom is 0.334 e. The van der Waals surface area contributed by atoms with E-state index >= 15 is 0 Å². The highest BCUT2D eigenvalue weighted by atomic mass is 32.2. The Bertz CT molecular complexity index is 974. The van der Waals surface area contributed by atoms with Gasteiger partial charge in [0.05, 0.1) is 11.5 Å². The molecule has 6 nitrogen and oxygen atoms in total. The van der Waals surface area contributed by atoms with Crippen molar-refractivity contribution in [1.29, 1.82) is 0 Å². The number of sulfonamides is 1. The highest BCUT2D eigenvalue weighted by Crippen LogP contribution is 2.30. The van der Waals surface area contributed by atoms with Gasteiger partial charge in [0.15, 0.2) is 0 Å². The van der Waals surface area contributed by atoms with Crippen molar-refractivity contribution >= 4 is 21.6 Å². The van der Waals surface area contributed by atoms with Crippen molar-refractivity contribution in [1.82, 2.24) is 9.71 Å². The first-order chi connectivity index (χ1) is 13.6. The lowest BCUT2D eigenvalue weighted by atomic mass is 9.93. The topological polar surface area (TPSA) is 85.4 Å². The highest BCUT2D eigenvalue weighted by molar-refractivity contribution is 7.89. The largest absolute Gasteiger partial charge is 0.463 e. The smallest absolute Gasteiger partial charge is 0.334 e. The van der Waals surface area contributed by atoms with Gasteiger partial charge in [-0.05, 0) is 57.9 Å². The molecule has 1 aromatic carbocycles. The van der Waals surface area contributed by atoms with Crippen LogP contribution in [0.3, 0.4) is 0 Å². The molecule has 0 aliphatic heterocycles. The van der Waals surface area contributed by atoms with Crippen LogP contribution in [0, 0.1) is 0 Å². The molecule has 0 fully saturated rings. The van der Waals surface area contributed by atoms with Crippen LogP contribution in [0.2, 0.25) is 0 Å². The summed E-state index contributed by atoms with van der Waals surface area (Å²) in [5, 5.41) is 0. The fourth-order valence-electron chi connectivity index (χ4n) is 2.93. The summed E-state index contributed by atoms with van der Waals surface area (Å²) in [7, 11) is -3.65. The second-order valence-electron chi connectivity index (χ2n) is 7.55. The van der Waals surface area contributed by atoms with Crippen molar-refractivity contribution < 1.29 is 17.9 Å². The summed E-state index contributed by atoms with van der Waals surface area (Å²) < 4.78 is 33.0. The number of esters is 1. The van der Waals surface area contributed by atoms with Gasteiger partial charge in [0.2, 0.25) is 10.0 Å². The third-order valence-electron chi connectivity index (χ3n) is 4.02. The minimum absolute atomic E-state index is 0.163. The summed E-state index contributed by atoms with van der Waals surface area (Å²) in [6.07, 6.45) is 3.80. The second kappa shape index (κ2) is 9.33. The molecule has 0 radical (unpaired) electrons. The lowest BCUT2D eigenvalue weighted by Crippen LogP contribution is -2.40. The molecule has 0 saturated carbocycles. The number of nitrogens with zero attached hydrogens (tertiary/aromatic N) is 1. The molecule has 1 heterocycles. The average Bonchev–Trinajstić information content (AvgIpc) is 2.65. The summed E-state index contributed by atoms with van der Waals surface area (Å²) in [5.41, 5.74) is 2.10. The third kappa shape index (κ3) is 5.98. The van der Waals surface area contributed by atoms with Crippen LogP contribution in [-0.2, 0) is 19.6 Å². The van der Waals surface area contributed by atoms with Crippen LogP contribution in [0.4, 0.5) is 0 Å². The van der Waals surface area contributed by atoms with Gasteiger partial charge in [-0.2, -0.15) is 0 Å². The summed E-state index contributed by atoms with van der Waals surface area (Å²) >= 11 is 0. The fraction of sp³-hybridized carbons (Fsp3) is 0.364. The first-order valence-corrected chi connectivity index (χ1v) is 11.0. The van der Waals surface area contributed by atoms with E-state index in [1.807, 2.05) is 13.0 Å². The van der Waals surface area contributed by atoms with Gasteiger partial charge in [0.1, 0.15) is 0 Å². The quantitative estimate of drug-likeness (QED) is 0.546. The molecule has 7 heteroatoms. The lowest BCUT2D eigenvalue weighted by Gasteiger charge is -2.20. The van der Waals surface area contributed by atoms with Crippen LogP contribution in [0.15, 0.2) is 59.3 Å². The second-order valence-corrected chi connectivity index (χ2v) is 9.23. The Morgan fingerprint density at radius 1 is 1.07 bits per heavy atom. The number of nitrogens with one attached hydrogen (secondary N) is 1. The molecule has 0 aliphatic rings. The molecular formula is C22H28N2O4S. The van der Waals surface area contributed by atoms with E-state index in [9.17, 15) is 13.2 Å². The molecule has 2 aromatic rings. The van der Waals surface area contributed by atoms with E-state index in [0.717, 1.165) is 11.1 Å². The predicted octanol–water partition coefficient (Wildman–Crippen LogP) is 3.93. The van der Waals surface area contributed by atoms with Gasteiger partial charge in [-0.25, -0.2) is 17.9 Å². The fourth-order valence-corrected chi connectivity index (χ4v) is 4.35. The molecule has 0 bridgehead atoms. The Labute approximate surface area is 173 Å². The van der Waals surface area contributed by atoms with E-state index < -0.39 is 15.6 Å². The van der Waals surface area contributed by atoms with E-state index in [4.69, 9.17) is 4.74 Å². The first kappa shape index (κ1) is 22.8. The van der Waals surface area contributed by atoms with E-state index in [-0.39, 0.29) is 17.5 Å². The van der Waals surface area contributed by atoms with Gasteiger partial charge in [0.25, 0.3) is 0 Å². The number of hydrogen-bond donors (Lipinski definition) is 1. The van der Waals surface area contributed by atoms with E-state index in [1.54, 1.807) is 58.3 Å². The van der Waals surface area contributed by atoms with Crippen molar-refractivity contribution in [3.8, 4) is 0 Å². The minimum atomic E-state index is -3.65. The Balaban J connectivity index is 2.57. The molecule has 1 N–H and O–H groups in total. The Hall–Kier alpha value is -2.51. The zero-order chi connectivity index (χ0) is 21.7. The molecule has 0 unspecified atom stereocenters. The predicted molar refractivity (Wildman–Crippen MR) is 114 cm³/mol. The van der Waals surface area contributed by atoms with Crippen LogP contribution in [0.25, 0.3) is 5.57 Å². The number of carbonyl (C=O) groups is 1. The van der Waals surface area contributed by atoms with Crippen molar-refractivity contribution in [2.75, 3.05) is 6.61 Å². The van der Waals surface area contributed by atoms with Crippen LogP contribution in [0.5, 0.6) is 0 Å². The van der Waals surface area contributed by atoms with Gasteiger partial charge >= 0.3 is 5.97 Å². The number of aromatic nitrogens is 1. The van der Waals surface area contributed by atoms with Crippen molar-refractivity contribution in [3.63, 3.8) is 0 Å². The van der Waals surface area contributed by atoms with Gasteiger partial charge in [-0.3, -0.25) is 4.98 Å². The number of benzene rings is 1. The average molecular weight is 417 g/mol. The van der Waals surface area contributed by atoms with Crippen molar-refractivity contribution in [2.45, 2.75) is 51.5 Å². The summed E-state index contributed by atoms with van der Waals surface area (Å²) in [6.45, 7) is 9.28.